The molecule has 1 heterocycles. The number of nitrogens with zero attached hydrogens (tertiary/aromatic N) is 2. The zero-order valence-corrected chi connectivity index (χ0v) is 9.95. The molecular formula is C11H7BrN2O2. The summed E-state index contributed by atoms with van der Waals surface area (Å²) in [5.74, 6) is -0.262. The molecule has 1 aromatic heterocycles. The zero-order chi connectivity index (χ0) is 11.9. The van der Waals surface area contributed by atoms with E-state index in [1.165, 1.54) is 4.57 Å². The molecular weight excluding hydrogens is 272 g/mol. The summed E-state index contributed by atoms with van der Waals surface area (Å²) in [6, 6.07) is 6.88. The van der Waals surface area contributed by atoms with Crippen molar-refractivity contribution >= 4 is 26.8 Å². The SMILES string of the molecule is Cn1c(=O)c(C#N)c(O)c2cccc(Br)c21. The number of benzene rings is 1. The number of hydrogen-bond donors (Lipinski definition) is 1. The highest BCUT2D eigenvalue weighted by Crippen LogP contribution is 2.30. The second-order valence-electron chi connectivity index (χ2n) is 3.34. The van der Waals surface area contributed by atoms with Crippen molar-refractivity contribution in [3.8, 4) is 11.8 Å². The summed E-state index contributed by atoms with van der Waals surface area (Å²) in [7, 11) is 1.57. The Morgan fingerprint density at radius 1 is 1.50 bits per heavy atom. The van der Waals surface area contributed by atoms with Crippen LogP contribution in [0.15, 0.2) is 27.5 Å². The molecule has 0 aliphatic heterocycles. The van der Waals surface area contributed by atoms with Gasteiger partial charge in [0.05, 0.1) is 5.52 Å². The number of aryl methyl sites for hydroxylation is 1. The van der Waals surface area contributed by atoms with Crippen molar-refractivity contribution in [3.05, 3.63) is 38.6 Å². The molecule has 0 saturated carbocycles. The van der Waals surface area contributed by atoms with Gasteiger partial charge in [0.25, 0.3) is 5.56 Å². The Labute approximate surface area is 99.5 Å². The van der Waals surface area contributed by atoms with Crippen molar-refractivity contribution in [3.63, 3.8) is 0 Å². The number of fused-ring (bicyclic) bond motifs is 1. The van der Waals surface area contributed by atoms with Crippen LogP contribution in [0.4, 0.5) is 0 Å². The summed E-state index contributed by atoms with van der Waals surface area (Å²) in [6.45, 7) is 0. The Balaban J connectivity index is 3.16. The maximum Gasteiger partial charge on any atom is 0.272 e. The molecule has 0 spiro atoms. The molecule has 0 unspecified atom stereocenters. The molecule has 2 aromatic rings. The van der Waals surface area contributed by atoms with E-state index in [0.717, 1.165) is 0 Å². The molecule has 0 fully saturated rings. The fraction of sp³-hybridized carbons (Fsp3) is 0.0909. The lowest BCUT2D eigenvalue weighted by Gasteiger charge is -2.09. The van der Waals surface area contributed by atoms with Crippen LogP contribution in [0.3, 0.4) is 0 Å². The van der Waals surface area contributed by atoms with E-state index < -0.39 is 5.56 Å². The second-order valence-corrected chi connectivity index (χ2v) is 4.19. The highest BCUT2D eigenvalue weighted by atomic mass is 79.9. The summed E-state index contributed by atoms with van der Waals surface area (Å²) in [5.41, 5.74) is -0.156. The van der Waals surface area contributed by atoms with Gasteiger partial charge in [0.2, 0.25) is 0 Å². The number of halogens is 1. The molecule has 16 heavy (non-hydrogen) atoms. The monoisotopic (exact) mass is 278 g/mol. The van der Waals surface area contributed by atoms with Crippen molar-refractivity contribution in [1.29, 1.82) is 5.26 Å². The van der Waals surface area contributed by atoms with E-state index in [4.69, 9.17) is 5.26 Å². The summed E-state index contributed by atoms with van der Waals surface area (Å²) in [5, 5.41) is 19.1. The summed E-state index contributed by atoms with van der Waals surface area (Å²) < 4.78 is 2.04. The van der Waals surface area contributed by atoms with Crippen LogP contribution in [0.5, 0.6) is 5.75 Å². The van der Waals surface area contributed by atoms with E-state index in [0.29, 0.717) is 15.4 Å². The van der Waals surface area contributed by atoms with Crippen LogP contribution in [0.25, 0.3) is 10.9 Å². The van der Waals surface area contributed by atoms with Gasteiger partial charge in [0.15, 0.2) is 5.56 Å². The van der Waals surface area contributed by atoms with Crippen molar-refractivity contribution < 1.29 is 5.11 Å². The smallest absolute Gasteiger partial charge is 0.272 e. The molecule has 0 aliphatic rings. The fourth-order valence-electron chi connectivity index (χ4n) is 1.65. The predicted octanol–water partition coefficient (Wildman–Crippen LogP) is 1.88. The molecule has 5 heteroatoms. The summed E-state index contributed by atoms with van der Waals surface area (Å²) in [6.07, 6.45) is 0. The largest absolute Gasteiger partial charge is 0.506 e. The third kappa shape index (κ3) is 1.31. The molecule has 0 aliphatic carbocycles. The highest BCUT2D eigenvalue weighted by molar-refractivity contribution is 9.10. The minimum absolute atomic E-state index is 0.229. The lowest BCUT2D eigenvalue weighted by atomic mass is 10.1. The molecule has 80 valence electrons. The van der Waals surface area contributed by atoms with Crippen LogP contribution >= 0.6 is 15.9 Å². The fourth-order valence-corrected chi connectivity index (χ4v) is 2.29. The summed E-state index contributed by atoms with van der Waals surface area (Å²) in [4.78, 5) is 11.7. The minimum Gasteiger partial charge on any atom is -0.506 e. The number of para-hydroxylation sites is 1. The van der Waals surface area contributed by atoms with Gasteiger partial charge in [0.1, 0.15) is 11.8 Å². The number of rotatable bonds is 0. The van der Waals surface area contributed by atoms with E-state index in [-0.39, 0.29) is 11.3 Å². The Morgan fingerprint density at radius 2 is 2.19 bits per heavy atom. The molecule has 0 saturated heterocycles. The van der Waals surface area contributed by atoms with E-state index >= 15 is 0 Å². The van der Waals surface area contributed by atoms with Crippen LogP contribution in [0.1, 0.15) is 5.56 Å². The van der Waals surface area contributed by atoms with Gasteiger partial charge in [-0.3, -0.25) is 4.79 Å². The van der Waals surface area contributed by atoms with E-state index in [9.17, 15) is 9.90 Å². The number of aromatic nitrogens is 1. The van der Waals surface area contributed by atoms with Gasteiger partial charge >= 0.3 is 0 Å². The van der Waals surface area contributed by atoms with Gasteiger partial charge in [-0.15, -0.1) is 0 Å². The van der Waals surface area contributed by atoms with Crippen LogP contribution in [0.2, 0.25) is 0 Å². The Hall–Kier alpha value is -1.80. The predicted molar refractivity (Wildman–Crippen MR) is 63.3 cm³/mol. The lowest BCUT2D eigenvalue weighted by Crippen LogP contribution is -2.20. The molecule has 1 aromatic carbocycles. The maximum atomic E-state index is 11.7. The zero-order valence-electron chi connectivity index (χ0n) is 8.36. The lowest BCUT2D eigenvalue weighted by molar-refractivity contribution is 0.477. The van der Waals surface area contributed by atoms with Crippen molar-refractivity contribution in [1.82, 2.24) is 4.57 Å². The topological polar surface area (TPSA) is 66.0 Å². The van der Waals surface area contributed by atoms with Crippen LogP contribution in [-0.4, -0.2) is 9.67 Å². The normalized spacial score (nSPS) is 10.3. The molecule has 0 atom stereocenters. The van der Waals surface area contributed by atoms with E-state index in [1.807, 2.05) is 0 Å². The van der Waals surface area contributed by atoms with Gasteiger partial charge in [0, 0.05) is 16.9 Å². The first-order valence-corrected chi connectivity index (χ1v) is 5.27. The molecule has 4 nitrogen and oxygen atoms in total. The standard InChI is InChI=1S/C11H7BrN2O2/c1-14-9-6(3-2-4-8(9)12)10(15)7(5-13)11(14)16/h2-4,15H,1H3. The van der Waals surface area contributed by atoms with Crippen LogP contribution in [-0.2, 0) is 7.05 Å². The molecule has 1 N–H and O–H groups in total. The van der Waals surface area contributed by atoms with Crippen LogP contribution in [0, 0.1) is 11.3 Å². The number of aromatic hydroxyl groups is 1. The number of nitriles is 1. The maximum absolute atomic E-state index is 11.7. The van der Waals surface area contributed by atoms with Crippen molar-refractivity contribution in [2.24, 2.45) is 7.05 Å². The summed E-state index contributed by atoms with van der Waals surface area (Å²) >= 11 is 3.31. The molecule has 2 rings (SSSR count). The van der Waals surface area contributed by atoms with Gasteiger partial charge < -0.3 is 9.67 Å². The first-order chi connectivity index (χ1) is 7.57. The Morgan fingerprint density at radius 3 is 2.81 bits per heavy atom. The average Bonchev–Trinajstić information content (AvgIpc) is 2.27. The number of pyridine rings is 1. The average molecular weight is 279 g/mol. The Kier molecular flexibility index (Phi) is 2.44. The molecule has 0 amide bonds. The number of hydrogen-bond acceptors (Lipinski definition) is 3. The third-order valence-corrected chi connectivity index (χ3v) is 3.08. The van der Waals surface area contributed by atoms with Gasteiger partial charge in [-0.1, -0.05) is 6.07 Å². The minimum atomic E-state index is -0.501. The molecule has 0 radical (unpaired) electrons. The first-order valence-electron chi connectivity index (χ1n) is 4.48. The van der Waals surface area contributed by atoms with Crippen molar-refractivity contribution in [2.75, 3.05) is 0 Å². The second kappa shape index (κ2) is 3.65. The van der Waals surface area contributed by atoms with Gasteiger partial charge in [-0.05, 0) is 28.1 Å². The van der Waals surface area contributed by atoms with E-state index in [1.54, 1.807) is 31.3 Å². The van der Waals surface area contributed by atoms with Gasteiger partial charge in [-0.25, -0.2) is 0 Å². The molecule has 0 bridgehead atoms. The van der Waals surface area contributed by atoms with Crippen molar-refractivity contribution in [2.45, 2.75) is 0 Å². The first kappa shape index (κ1) is 10.7. The van der Waals surface area contributed by atoms with Gasteiger partial charge in [-0.2, -0.15) is 5.26 Å². The third-order valence-electron chi connectivity index (χ3n) is 2.44. The Bertz CT molecular complexity index is 683. The quantitative estimate of drug-likeness (QED) is 0.800. The van der Waals surface area contributed by atoms with Crippen LogP contribution < -0.4 is 5.56 Å². The van der Waals surface area contributed by atoms with E-state index in [2.05, 4.69) is 15.9 Å². The highest BCUT2D eigenvalue weighted by Gasteiger charge is 2.15.